The summed E-state index contributed by atoms with van der Waals surface area (Å²) in [7, 11) is 0. The third-order valence-corrected chi connectivity index (χ3v) is 8.31. The van der Waals surface area contributed by atoms with E-state index in [1.807, 2.05) is 0 Å². The summed E-state index contributed by atoms with van der Waals surface area (Å²) in [6.07, 6.45) is 16.2. The lowest BCUT2D eigenvalue weighted by atomic mass is 9.73. The van der Waals surface area contributed by atoms with Gasteiger partial charge in [0.1, 0.15) is 5.54 Å². The Morgan fingerprint density at radius 3 is 2.03 bits per heavy atom. The molecule has 0 radical (unpaired) electrons. The van der Waals surface area contributed by atoms with E-state index in [4.69, 9.17) is 16.5 Å². The molecule has 0 aromatic rings. The van der Waals surface area contributed by atoms with Crippen molar-refractivity contribution in [3.8, 4) is 0 Å². The lowest BCUT2D eigenvalue weighted by molar-refractivity contribution is -0.133. The number of carbonyl (C=O) groups is 2. The van der Waals surface area contributed by atoms with Crippen molar-refractivity contribution in [1.29, 1.82) is 0 Å². The summed E-state index contributed by atoms with van der Waals surface area (Å²) < 4.78 is 0. The van der Waals surface area contributed by atoms with Gasteiger partial charge in [-0.15, -0.1) is 0 Å². The number of primary amides is 1. The molecule has 4 N–H and O–H groups in total. The number of aliphatic imine (C=N–C) groups is 1. The first-order valence-corrected chi connectivity index (χ1v) is 12.7. The summed E-state index contributed by atoms with van der Waals surface area (Å²) in [6.45, 7) is 2.00. The zero-order valence-electron chi connectivity index (χ0n) is 19.1. The Labute approximate surface area is 187 Å². The molecular weight excluding hydrogens is 390 g/mol. The Bertz CT molecular complexity index is 661. The number of likely N-dealkylation sites (tertiary alicyclic amines) is 1. The van der Waals surface area contributed by atoms with Gasteiger partial charge in [0, 0.05) is 19.6 Å². The lowest BCUT2D eigenvalue weighted by Crippen LogP contribution is -2.47. The van der Waals surface area contributed by atoms with Crippen LogP contribution in [0.4, 0.5) is 4.79 Å². The van der Waals surface area contributed by atoms with Crippen molar-refractivity contribution in [2.24, 2.45) is 34.2 Å². The molecule has 2 heterocycles. The maximum absolute atomic E-state index is 13.8. The molecular formula is C24H41N5O2. The van der Waals surface area contributed by atoms with Crippen molar-refractivity contribution in [2.45, 2.75) is 95.4 Å². The maximum atomic E-state index is 13.8. The average Bonchev–Trinajstić information content (AvgIpc) is 3.32. The van der Waals surface area contributed by atoms with Crippen molar-refractivity contribution in [3.05, 3.63) is 0 Å². The van der Waals surface area contributed by atoms with E-state index in [1.54, 1.807) is 9.80 Å². The van der Waals surface area contributed by atoms with Crippen LogP contribution in [0.2, 0.25) is 0 Å². The Hall–Kier alpha value is -1.79. The second-order valence-electron chi connectivity index (χ2n) is 10.6. The normalized spacial score (nSPS) is 27.7. The van der Waals surface area contributed by atoms with Crippen LogP contribution in [0.5, 0.6) is 0 Å². The van der Waals surface area contributed by atoms with Gasteiger partial charge in [-0.3, -0.25) is 9.69 Å². The highest BCUT2D eigenvalue weighted by Crippen LogP contribution is 2.42. The van der Waals surface area contributed by atoms with E-state index < -0.39 is 5.54 Å². The molecule has 0 bridgehead atoms. The van der Waals surface area contributed by atoms with Crippen molar-refractivity contribution in [1.82, 2.24) is 9.80 Å². The number of rotatable bonds is 7. The van der Waals surface area contributed by atoms with E-state index in [1.165, 1.54) is 64.2 Å². The number of hydrogen-bond donors (Lipinski definition) is 2. The van der Waals surface area contributed by atoms with Crippen LogP contribution in [0.1, 0.15) is 89.9 Å². The van der Waals surface area contributed by atoms with Gasteiger partial charge in [0.15, 0.2) is 5.96 Å². The first kappa shape index (κ1) is 22.4. The predicted molar refractivity (Wildman–Crippen MR) is 122 cm³/mol. The Balaban J connectivity index is 1.43. The van der Waals surface area contributed by atoms with Crippen molar-refractivity contribution >= 4 is 17.9 Å². The number of amides is 3. The van der Waals surface area contributed by atoms with Crippen molar-refractivity contribution in [2.75, 3.05) is 19.6 Å². The van der Waals surface area contributed by atoms with E-state index in [0.717, 1.165) is 25.7 Å². The van der Waals surface area contributed by atoms with E-state index in [-0.39, 0.29) is 11.9 Å². The number of nitrogens with zero attached hydrogens (tertiary/aromatic N) is 3. The number of urea groups is 1. The molecule has 3 amide bonds. The molecule has 1 atom stereocenters. The summed E-state index contributed by atoms with van der Waals surface area (Å²) in [4.78, 5) is 33.6. The van der Waals surface area contributed by atoms with Gasteiger partial charge in [0.05, 0.1) is 0 Å². The van der Waals surface area contributed by atoms with Gasteiger partial charge in [0.25, 0.3) is 5.91 Å². The van der Waals surface area contributed by atoms with Crippen LogP contribution >= 0.6 is 0 Å². The predicted octanol–water partition coefficient (Wildman–Crippen LogP) is 3.61. The van der Waals surface area contributed by atoms with Crippen molar-refractivity contribution < 1.29 is 9.59 Å². The van der Waals surface area contributed by atoms with Gasteiger partial charge in [-0.25, -0.2) is 9.79 Å². The van der Waals surface area contributed by atoms with Crippen LogP contribution < -0.4 is 11.5 Å². The van der Waals surface area contributed by atoms with Gasteiger partial charge < -0.3 is 16.4 Å². The number of hydrogen-bond acceptors (Lipinski definition) is 4. The molecule has 1 unspecified atom stereocenters. The van der Waals surface area contributed by atoms with Crippen LogP contribution in [0.15, 0.2) is 4.99 Å². The Morgan fingerprint density at radius 2 is 1.52 bits per heavy atom. The quantitative estimate of drug-likeness (QED) is 0.643. The largest absolute Gasteiger partial charge is 0.369 e. The SMILES string of the molecule is NC(=O)N1CCC(CCN2C(=O)C(CC3CCCCC3)(CC3CCCCC3)N=C2N)C1. The Kier molecular flexibility index (Phi) is 7.07. The molecule has 7 heteroatoms. The lowest BCUT2D eigenvalue weighted by Gasteiger charge is -2.35. The molecule has 0 aromatic carbocycles. The number of nitrogens with two attached hydrogens (primary N) is 2. The fraction of sp³-hybridized carbons (Fsp3) is 0.875. The van der Waals surface area contributed by atoms with Gasteiger partial charge in [-0.1, -0.05) is 64.2 Å². The third kappa shape index (κ3) is 5.17. The van der Waals surface area contributed by atoms with Crippen LogP contribution in [0.25, 0.3) is 0 Å². The fourth-order valence-corrected chi connectivity index (χ4v) is 6.57. The molecule has 2 saturated carbocycles. The highest BCUT2D eigenvalue weighted by molar-refractivity contribution is 6.06. The minimum absolute atomic E-state index is 0.144. The molecule has 2 aliphatic heterocycles. The maximum Gasteiger partial charge on any atom is 0.314 e. The average molecular weight is 432 g/mol. The first-order chi connectivity index (χ1) is 15.0. The number of guanidine groups is 1. The van der Waals surface area contributed by atoms with Crippen LogP contribution in [0, 0.1) is 17.8 Å². The zero-order chi connectivity index (χ0) is 21.8. The monoisotopic (exact) mass is 431 g/mol. The minimum atomic E-state index is -0.636. The van der Waals surface area contributed by atoms with Gasteiger partial charge >= 0.3 is 6.03 Å². The van der Waals surface area contributed by atoms with Crippen LogP contribution in [0.3, 0.4) is 0 Å². The molecule has 7 nitrogen and oxygen atoms in total. The first-order valence-electron chi connectivity index (χ1n) is 12.7. The smallest absolute Gasteiger partial charge is 0.314 e. The summed E-state index contributed by atoms with van der Waals surface area (Å²) in [6, 6.07) is -0.347. The standard InChI is InChI=1S/C24H41N5O2/c25-22-27-24(15-18-7-3-1-4-8-18,16-19-9-5-2-6-10-19)21(30)29(22)14-12-20-11-13-28(17-20)23(26)31/h18-20H,1-17H2,(H2,25,27)(H2,26,31). The summed E-state index contributed by atoms with van der Waals surface area (Å²) in [5.41, 5.74) is 11.2. The molecule has 3 fully saturated rings. The Morgan fingerprint density at radius 1 is 0.935 bits per heavy atom. The van der Waals surface area contributed by atoms with Gasteiger partial charge in [-0.05, 0) is 43.4 Å². The van der Waals surface area contributed by atoms with E-state index >= 15 is 0 Å². The highest BCUT2D eigenvalue weighted by Gasteiger charge is 2.49. The number of carbonyl (C=O) groups excluding carboxylic acids is 2. The minimum Gasteiger partial charge on any atom is -0.369 e. The second-order valence-corrected chi connectivity index (χ2v) is 10.6. The van der Waals surface area contributed by atoms with Gasteiger partial charge in [0.2, 0.25) is 0 Å². The van der Waals surface area contributed by atoms with E-state index in [9.17, 15) is 9.59 Å². The molecule has 4 rings (SSSR count). The van der Waals surface area contributed by atoms with Crippen molar-refractivity contribution in [3.63, 3.8) is 0 Å². The topological polar surface area (TPSA) is 105 Å². The van der Waals surface area contributed by atoms with Crippen LogP contribution in [-0.4, -0.2) is 52.9 Å². The zero-order valence-corrected chi connectivity index (χ0v) is 19.1. The fourth-order valence-electron chi connectivity index (χ4n) is 6.57. The summed E-state index contributed by atoms with van der Waals surface area (Å²) >= 11 is 0. The summed E-state index contributed by atoms with van der Waals surface area (Å²) in [5, 5.41) is 0. The molecule has 0 aromatic heterocycles. The molecule has 31 heavy (non-hydrogen) atoms. The van der Waals surface area contributed by atoms with Gasteiger partial charge in [-0.2, -0.15) is 0 Å². The third-order valence-electron chi connectivity index (χ3n) is 8.31. The van der Waals surface area contributed by atoms with Crippen LogP contribution in [-0.2, 0) is 4.79 Å². The van der Waals surface area contributed by atoms with E-state index in [2.05, 4.69) is 0 Å². The molecule has 174 valence electrons. The highest BCUT2D eigenvalue weighted by atomic mass is 16.2. The second kappa shape index (κ2) is 9.78. The van der Waals surface area contributed by atoms with E-state index in [0.29, 0.717) is 43.3 Å². The molecule has 1 saturated heterocycles. The molecule has 0 spiro atoms. The molecule has 2 aliphatic carbocycles. The molecule has 4 aliphatic rings. The summed E-state index contributed by atoms with van der Waals surface area (Å²) in [5.74, 6) is 2.13.